The summed E-state index contributed by atoms with van der Waals surface area (Å²) in [5.41, 5.74) is 6.19. The van der Waals surface area contributed by atoms with Crippen LogP contribution in [0, 0.1) is 6.92 Å². The van der Waals surface area contributed by atoms with Crippen LogP contribution in [0.1, 0.15) is 5.82 Å². The molecule has 2 rings (SSSR count). The second-order valence-electron chi connectivity index (χ2n) is 3.42. The number of aromatic nitrogens is 2. The molecule has 0 unspecified atom stereocenters. The van der Waals surface area contributed by atoms with Gasteiger partial charge < -0.3 is 5.73 Å². The van der Waals surface area contributed by atoms with E-state index in [4.69, 9.17) is 5.73 Å². The Morgan fingerprint density at radius 3 is 2.87 bits per heavy atom. The molecule has 1 aromatic heterocycles. The van der Waals surface area contributed by atoms with Crippen molar-refractivity contribution in [3.8, 4) is 0 Å². The van der Waals surface area contributed by atoms with Gasteiger partial charge in [0, 0.05) is 13.1 Å². The van der Waals surface area contributed by atoms with Crippen LogP contribution < -0.4 is 11.3 Å². The Labute approximate surface area is 87.4 Å². The highest BCUT2D eigenvalue weighted by molar-refractivity contribution is 5.77. The second-order valence-corrected chi connectivity index (χ2v) is 3.42. The topological polar surface area (TPSA) is 60.9 Å². The Bertz CT molecular complexity index is 545. The molecule has 0 saturated carbocycles. The summed E-state index contributed by atoms with van der Waals surface area (Å²) in [6, 6.07) is 7.35. The summed E-state index contributed by atoms with van der Waals surface area (Å²) in [5, 5.41) is 0.650. The molecule has 0 spiro atoms. The number of benzene rings is 1. The van der Waals surface area contributed by atoms with E-state index in [0.29, 0.717) is 24.3 Å². The lowest BCUT2D eigenvalue weighted by atomic mass is 10.2. The van der Waals surface area contributed by atoms with Gasteiger partial charge in [-0.05, 0) is 19.1 Å². The average molecular weight is 203 g/mol. The highest BCUT2D eigenvalue weighted by atomic mass is 16.1. The second kappa shape index (κ2) is 3.82. The summed E-state index contributed by atoms with van der Waals surface area (Å²) in [4.78, 5) is 16.4. The molecule has 0 amide bonds. The molecule has 0 aliphatic heterocycles. The van der Waals surface area contributed by atoms with Gasteiger partial charge >= 0.3 is 0 Å². The van der Waals surface area contributed by atoms with E-state index in [-0.39, 0.29) is 5.56 Å². The van der Waals surface area contributed by atoms with Crippen molar-refractivity contribution in [3.63, 3.8) is 0 Å². The van der Waals surface area contributed by atoms with Crippen molar-refractivity contribution < 1.29 is 0 Å². The first-order valence-electron chi connectivity index (χ1n) is 4.90. The van der Waals surface area contributed by atoms with Gasteiger partial charge in [0.15, 0.2) is 0 Å². The third-order valence-corrected chi connectivity index (χ3v) is 2.41. The molecule has 1 heterocycles. The van der Waals surface area contributed by atoms with Crippen molar-refractivity contribution in [3.05, 3.63) is 40.4 Å². The van der Waals surface area contributed by atoms with Crippen molar-refractivity contribution in [2.45, 2.75) is 13.5 Å². The fraction of sp³-hybridized carbons (Fsp3) is 0.273. The Morgan fingerprint density at radius 1 is 1.40 bits per heavy atom. The smallest absolute Gasteiger partial charge is 0.261 e. The first kappa shape index (κ1) is 9.86. The van der Waals surface area contributed by atoms with Gasteiger partial charge in [0.2, 0.25) is 0 Å². The zero-order valence-corrected chi connectivity index (χ0v) is 8.60. The molecule has 4 nitrogen and oxygen atoms in total. The number of aryl methyl sites for hydroxylation is 1. The molecule has 0 saturated heterocycles. The monoisotopic (exact) mass is 203 g/mol. The average Bonchev–Trinajstić information content (AvgIpc) is 2.24. The summed E-state index contributed by atoms with van der Waals surface area (Å²) in [7, 11) is 0. The molecule has 0 aliphatic rings. The quantitative estimate of drug-likeness (QED) is 0.780. The zero-order chi connectivity index (χ0) is 10.8. The molecule has 15 heavy (non-hydrogen) atoms. The first-order chi connectivity index (χ1) is 7.24. The van der Waals surface area contributed by atoms with Crippen LogP contribution in [-0.4, -0.2) is 16.1 Å². The van der Waals surface area contributed by atoms with Crippen LogP contribution in [0.25, 0.3) is 10.9 Å². The van der Waals surface area contributed by atoms with E-state index in [1.54, 1.807) is 10.6 Å². The standard InChI is InChI=1S/C11H13N3O/c1-8-13-10-5-3-2-4-9(10)11(15)14(8)7-6-12/h2-5H,6-7,12H2,1H3. The van der Waals surface area contributed by atoms with E-state index >= 15 is 0 Å². The van der Waals surface area contributed by atoms with Gasteiger partial charge in [0.25, 0.3) is 5.56 Å². The van der Waals surface area contributed by atoms with E-state index < -0.39 is 0 Å². The number of hydrogen-bond donors (Lipinski definition) is 1. The number of fused-ring (bicyclic) bond motifs is 1. The van der Waals surface area contributed by atoms with E-state index in [1.165, 1.54) is 0 Å². The molecule has 0 radical (unpaired) electrons. The fourth-order valence-corrected chi connectivity index (χ4v) is 1.67. The fourth-order valence-electron chi connectivity index (χ4n) is 1.67. The van der Waals surface area contributed by atoms with Gasteiger partial charge in [-0.1, -0.05) is 12.1 Å². The summed E-state index contributed by atoms with van der Waals surface area (Å²) >= 11 is 0. The number of nitrogens with two attached hydrogens (primary N) is 1. The van der Waals surface area contributed by atoms with Gasteiger partial charge in [0.1, 0.15) is 5.82 Å². The van der Waals surface area contributed by atoms with E-state index in [9.17, 15) is 4.79 Å². The number of para-hydroxylation sites is 1. The predicted molar refractivity (Wildman–Crippen MR) is 59.8 cm³/mol. The largest absolute Gasteiger partial charge is 0.329 e. The molecule has 78 valence electrons. The maximum atomic E-state index is 12.0. The minimum Gasteiger partial charge on any atom is -0.329 e. The van der Waals surface area contributed by atoms with Crippen molar-refractivity contribution >= 4 is 10.9 Å². The normalized spacial score (nSPS) is 10.8. The number of nitrogens with zero attached hydrogens (tertiary/aromatic N) is 2. The molecule has 0 fully saturated rings. The Balaban J connectivity index is 2.78. The zero-order valence-electron chi connectivity index (χ0n) is 8.60. The summed E-state index contributed by atoms with van der Waals surface area (Å²) < 4.78 is 1.61. The predicted octanol–water partition coefficient (Wildman–Crippen LogP) is 0.664. The van der Waals surface area contributed by atoms with Crippen LogP contribution in [0.15, 0.2) is 29.1 Å². The lowest BCUT2D eigenvalue weighted by Crippen LogP contribution is -2.27. The van der Waals surface area contributed by atoms with Crippen LogP contribution >= 0.6 is 0 Å². The van der Waals surface area contributed by atoms with E-state index in [0.717, 1.165) is 5.52 Å². The van der Waals surface area contributed by atoms with Gasteiger partial charge in [-0.2, -0.15) is 0 Å². The Hall–Kier alpha value is -1.68. The van der Waals surface area contributed by atoms with Gasteiger partial charge in [-0.3, -0.25) is 9.36 Å². The molecule has 1 aromatic carbocycles. The van der Waals surface area contributed by atoms with Crippen molar-refractivity contribution in [1.82, 2.24) is 9.55 Å². The van der Waals surface area contributed by atoms with Crippen LogP contribution in [0.4, 0.5) is 0 Å². The molecule has 0 atom stereocenters. The minimum absolute atomic E-state index is 0.0106. The summed E-state index contributed by atoms with van der Waals surface area (Å²) in [6.45, 7) is 2.78. The van der Waals surface area contributed by atoms with Crippen LogP contribution in [0.3, 0.4) is 0 Å². The molecule has 0 bridgehead atoms. The van der Waals surface area contributed by atoms with E-state index in [2.05, 4.69) is 4.98 Å². The maximum Gasteiger partial charge on any atom is 0.261 e. The highest BCUT2D eigenvalue weighted by Gasteiger charge is 2.05. The van der Waals surface area contributed by atoms with Gasteiger partial charge in [0.05, 0.1) is 10.9 Å². The van der Waals surface area contributed by atoms with Crippen LogP contribution in [0.2, 0.25) is 0 Å². The molecule has 0 aliphatic carbocycles. The number of hydrogen-bond acceptors (Lipinski definition) is 3. The van der Waals surface area contributed by atoms with Crippen LogP contribution in [0.5, 0.6) is 0 Å². The maximum absolute atomic E-state index is 12.0. The molecular formula is C11H13N3O. The molecule has 4 heteroatoms. The summed E-state index contributed by atoms with van der Waals surface area (Å²) in [6.07, 6.45) is 0. The first-order valence-corrected chi connectivity index (χ1v) is 4.90. The molecular weight excluding hydrogens is 190 g/mol. The van der Waals surface area contributed by atoms with Gasteiger partial charge in [-0.25, -0.2) is 4.98 Å². The Morgan fingerprint density at radius 2 is 2.13 bits per heavy atom. The molecule has 2 N–H and O–H groups in total. The summed E-state index contributed by atoms with van der Waals surface area (Å²) in [5.74, 6) is 0.712. The van der Waals surface area contributed by atoms with Crippen molar-refractivity contribution in [2.24, 2.45) is 5.73 Å². The third-order valence-electron chi connectivity index (χ3n) is 2.41. The van der Waals surface area contributed by atoms with Crippen molar-refractivity contribution in [1.29, 1.82) is 0 Å². The SMILES string of the molecule is Cc1nc2ccccc2c(=O)n1CCN. The lowest BCUT2D eigenvalue weighted by molar-refractivity contribution is 0.648. The lowest BCUT2D eigenvalue weighted by Gasteiger charge is -2.08. The van der Waals surface area contributed by atoms with Crippen LogP contribution in [-0.2, 0) is 6.54 Å². The minimum atomic E-state index is -0.0106. The number of rotatable bonds is 2. The Kier molecular flexibility index (Phi) is 2.51. The third kappa shape index (κ3) is 1.64. The van der Waals surface area contributed by atoms with Crippen molar-refractivity contribution in [2.75, 3.05) is 6.54 Å². The van der Waals surface area contributed by atoms with E-state index in [1.807, 2.05) is 25.1 Å². The highest BCUT2D eigenvalue weighted by Crippen LogP contribution is 2.06. The van der Waals surface area contributed by atoms with Gasteiger partial charge in [-0.15, -0.1) is 0 Å². The molecule has 2 aromatic rings.